The van der Waals surface area contributed by atoms with Gasteiger partial charge in [-0.15, -0.1) is 0 Å². The molecule has 0 radical (unpaired) electrons. The summed E-state index contributed by atoms with van der Waals surface area (Å²) in [7, 11) is 0. The topological polar surface area (TPSA) is 58.7 Å². The van der Waals surface area contributed by atoms with E-state index in [1.54, 1.807) is 0 Å². The zero-order valence-corrected chi connectivity index (χ0v) is 12.0. The first-order valence-corrected chi connectivity index (χ1v) is 7.31. The molecular formula is C14H30N2O2. The number of aliphatic hydroxyl groups is 1. The molecule has 0 aromatic rings. The molecule has 108 valence electrons. The Labute approximate surface area is 111 Å². The van der Waals surface area contributed by atoms with E-state index in [0.29, 0.717) is 6.10 Å². The Hall–Kier alpha value is -0.160. The van der Waals surface area contributed by atoms with Gasteiger partial charge in [0.1, 0.15) is 0 Å². The molecule has 1 saturated heterocycles. The van der Waals surface area contributed by atoms with Crippen molar-refractivity contribution < 1.29 is 9.84 Å². The zero-order chi connectivity index (χ0) is 13.4. The summed E-state index contributed by atoms with van der Waals surface area (Å²) in [6.07, 6.45) is 6.02. The fraction of sp³-hybridized carbons (Fsp3) is 1.00. The fourth-order valence-corrected chi connectivity index (χ4v) is 2.53. The molecule has 0 saturated carbocycles. The van der Waals surface area contributed by atoms with Crippen molar-refractivity contribution in [3.63, 3.8) is 0 Å². The second kappa shape index (κ2) is 8.10. The third-order valence-corrected chi connectivity index (χ3v) is 3.70. The second-order valence-electron chi connectivity index (χ2n) is 5.79. The molecule has 2 unspecified atom stereocenters. The highest BCUT2D eigenvalue weighted by atomic mass is 16.5. The van der Waals surface area contributed by atoms with Crippen molar-refractivity contribution >= 4 is 0 Å². The van der Waals surface area contributed by atoms with Crippen molar-refractivity contribution in [1.82, 2.24) is 4.90 Å². The van der Waals surface area contributed by atoms with Gasteiger partial charge in [-0.25, -0.2) is 0 Å². The Kier molecular flexibility index (Phi) is 7.15. The molecule has 0 aromatic carbocycles. The minimum Gasteiger partial charge on any atom is -0.394 e. The van der Waals surface area contributed by atoms with Crippen LogP contribution in [0.5, 0.6) is 0 Å². The van der Waals surface area contributed by atoms with Gasteiger partial charge in [0.05, 0.1) is 12.7 Å². The van der Waals surface area contributed by atoms with Gasteiger partial charge in [-0.05, 0) is 52.6 Å². The molecule has 1 rings (SSSR count). The van der Waals surface area contributed by atoms with E-state index in [-0.39, 0.29) is 6.61 Å². The number of rotatable bonds is 8. The smallest absolute Gasteiger partial charge is 0.0702 e. The number of hydrogen-bond donors (Lipinski definition) is 2. The van der Waals surface area contributed by atoms with E-state index in [0.717, 1.165) is 39.0 Å². The number of nitrogens with two attached hydrogens (primary N) is 1. The summed E-state index contributed by atoms with van der Waals surface area (Å²) in [5.74, 6) is 0. The summed E-state index contributed by atoms with van der Waals surface area (Å²) in [6, 6.07) is 0. The van der Waals surface area contributed by atoms with Crippen LogP contribution >= 0.6 is 0 Å². The Bertz CT molecular complexity index is 220. The van der Waals surface area contributed by atoms with E-state index in [2.05, 4.69) is 11.8 Å². The van der Waals surface area contributed by atoms with Crippen LogP contribution in [0.15, 0.2) is 0 Å². The van der Waals surface area contributed by atoms with Gasteiger partial charge in [-0.1, -0.05) is 6.42 Å². The van der Waals surface area contributed by atoms with Crippen LogP contribution in [0.3, 0.4) is 0 Å². The molecule has 0 aromatic heterocycles. The molecule has 4 nitrogen and oxygen atoms in total. The standard InChI is InChI=1S/C14H30N2O2/c1-3-18-13-7-6-10-16(11-13)9-5-4-8-14(2,15)12-17/h13,17H,3-12,15H2,1-2H3. The minimum atomic E-state index is -0.407. The lowest BCUT2D eigenvalue weighted by molar-refractivity contribution is 0.00545. The lowest BCUT2D eigenvalue weighted by Gasteiger charge is -2.32. The minimum absolute atomic E-state index is 0.0725. The van der Waals surface area contributed by atoms with Crippen LogP contribution < -0.4 is 5.73 Å². The quantitative estimate of drug-likeness (QED) is 0.646. The normalized spacial score (nSPS) is 25.0. The van der Waals surface area contributed by atoms with E-state index >= 15 is 0 Å². The van der Waals surface area contributed by atoms with Crippen molar-refractivity contribution in [2.45, 2.75) is 57.6 Å². The van der Waals surface area contributed by atoms with Gasteiger partial charge in [0.25, 0.3) is 0 Å². The van der Waals surface area contributed by atoms with Crippen LogP contribution in [0.4, 0.5) is 0 Å². The van der Waals surface area contributed by atoms with Gasteiger partial charge in [-0.3, -0.25) is 0 Å². The molecule has 1 aliphatic heterocycles. The van der Waals surface area contributed by atoms with Gasteiger partial charge >= 0.3 is 0 Å². The molecule has 18 heavy (non-hydrogen) atoms. The van der Waals surface area contributed by atoms with Crippen molar-refractivity contribution in [2.75, 3.05) is 32.8 Å². The molecule has 0 spiro atoms. The molecule has 0 bridgehead atoms. The largest absolute Gasteiger partial charge is 0.394 e. The third-order valence-electron chi connectivity index (χ3n) is 3.70. The predicted octanol–water partition coefficient (Wildman–Crippen LogP) is 1.37. The molecule has 1 aliphatic rings. The van der Waals surface area contributed by atoms with E-state index in [1.807, 2.05) is 6.92 Å². The highest BCUT2D eigenvalue weighted by molar-refractivity contribution is 4.78. The van der Waals surface area contributed by atoms with Crippen LogP contribution in [0.1, 0.15) is 46.0 Å². The van der Waals surface area contributed by atoms with E-state index in [4.69, 9.17) is 15.6 Å². The van der Waals surface area contributed by atoms with Crippen molar-refractivity contribution in [2.24, 2.45) is 5.73 Å². The molecule has 2 atom stereocenters. The molecule has 1 fully saturated rings. The summed E-state index contributed by atoms with van der Waals surface area (Å²) in [5.41, 5.74) is 5.51. The van der Waals surface area contributed by atoms with Crippen LogP contribution in [0.25, 0.3) is 0 Å². The molecule has 3 N–H and O–H groups in total. The van der Waals surface area contributed by atoms with E-state index in [9.17, 15) is 0 Å². The number of nitrogens with zero attached hydrogens (tertiary/aromatic N) is 1. The summed E-state index contributed by atoms with van der Waals surface area (Å²) in [4.78, 5) is 2.50. The van der Waals surface area contributed by atoms with Crippen molar-refractivity contribution in [1.29, 1.82) is 0 Å². The highest BCUT2D eigenvalue weighted by Crippen LogP contribution is 2.15. The maximum Gasteiger partial charge on any atom is 0.0702 e. The number of unbranched alkanes of at least 4 members (excludes halogenated alkanes) is 1. The Morgan fingerprint density at radius 2 is 2.22 bits per heavy atom. The SMILES string of the molecule is CCOC1CCCN(CCCCC(C)(N)CO)C1. The molecule has 0 amide bonds. The number of ether oxygens (including phenoxy) is 1. The van der Waals surface area contributed by atoms with Crippen LogP contribution in [0, 0.1) is 0 Å². The molecule has 0 aliphatic carbocycles. The molecular weight excluding hydrogens is 228 g/mol. The third kappa shape index (κ3) is 6.14. The first-order chi connectivity index (χ1) is 8.57. The summed E-state index contributed by atoms with van der Waals surface area (Å²) >= 11 is 0. The van der Waals surface area contributed by atoms with E-state index < -0.39 is 5.54 Å². The lowest BCUT2D eigenvalue weighted by Crippen LogP contribution is -2.41. The highest BCUT2D eigenvalue weighted by Gasteiger charge is 2.20. The van der Waals surface area contributed by atoms with Gasteiger partial charge in [0, 0.05) is 18.7 Å². The van der Waals surface area contributed by atoms with E-state index in [1.165, 1.54) is 19.4 Å². The zero-order valence-electron chi connectivity index (χ0n) is 12.0. The van der Waals surface area contributed by atoms with Crippen LogP contribution in [-0.4, -0.2) is 54.5 Å². The average Bonchev–Trinajstić information content (AvgIpc) is 2.36. The van der Waals surface area contributed by atoms with Crippen molar-refractivity contribution in [3.8, 4) is 0 Å². The number of aliphatic hydroxyl groups excluding tert-OH is 1. The molecule has 1 heterocycles. The Morgan fingerprint density at radius 1 is 1.44 bits per heavy atom. The Balaban J connectivity index is 2.11. The number of hydrogen-bond acceptors (Lipinski definition) is 4. The predicted molar refractivity (Wildman–Crippen MR) is 74.6 cm³/mol. The van der Waals surface area contributed by atoms with Crippen molar-refractivity contribution in [3.05, 3.63) is 0 Å². The molecule has 4 heteroatoms. The maximum atomic E-state index is 9.08. The van der Waals surface area contributed by atoms with Gasteiger partial charge < -0.3 is 20.5 Å². The second-order valence-corrected chi connectivity index (χ2v) is 5.79. The number of piperidine rings is 1. The van der Waals surface area contributed by atoms with Crippen LogP contribution in [0.2, 0.25) is 0 Å². The Morgan fingerprint density at radius 3 is 2.89 bits per heavy atom. The first-order valence-electron chi connectivity index (χ1n) is 7.31. The summed E-state index contributed by atoms with van der Waals surface area (Å²) < 4.78 is 5.70. The average molecular weight is 258 g/mol. The van der Waals surface area contributed by atoms with Crippen LogP contribution in [-0.2, 0) is 4.74 Å². The number of likely N-dealkylation sites (tertiary alicyclic amines) is 1. The fourth-order valence-electron chi connectivity index (χ4n) is 2.53. The summed E-state index contributed by atoms with van der Waals surface area (Å²) in [5, 5.41) is 9.08. The van der Waals surface area contributed by atoms with Gasteiger partial charge in [-0.2, -0.15) is 0 Å². The lowest BCUT2D eigenvalue weighted by atomic mass is 9.97. The maximum absolute atomic E-state index is 9.08. The first kappa shape index (κ1) is 15.9. The van der Waals surface area contributed by atoms with Gasteiger partial charge in [0.2, 0.25) is 0 Å². The monoisotopic (exact) mass is 258 g/mol. The summed E-state index contributed by atoms with van der Waals surface area (Å²) in [6.45, 7) is 8.28. The van der Waals surface area contributed by atoms with Gasteiger partial charge in [0.15, 0.2) is 0 Å².